The first kappa shape index (κ1) is 11.3. The normalized spacial score (nSPS) is 10.9. The zero-order chi connectivity index (χ0) is 12.4. The van der Waals surface area contributed by atoms with Crippen LogP contribution in [0.15, 0.2) is 42.0 Å². The molecular formula is C13H12N2O2S. The summed E-state index contributed by atoms with van der Waals surface area (Å²) in [7, 11) is 0. The van der Waals surface area contributed by atoms with Crippen LogP contribution < -0.4 is 4.74 Å². The number of thiazole rings is 1. The van der Waals surface area contributed by atoms with Gasteiger partial charge in [0.25, 0.3) is 0 Å². The number of hydrogen-bond acceptors (Lipinski definition) is 4. The Hall–Kier alpha value is -1.85. The number of aliphatic hydroxyl groups excluding tert-OH is 1. The van der Waals surface area contributed by atoms with Gasteiger partial charge in [-0.3, -0.25) is 4.40 Å². The fourth-order valence-electron chi connectivity index (χ4n) is 1.74. The van der Waals surface area contributed by atoms with E-state index in [-0.39, 0.29) is 6.61 Å². The lowest BCUT2D eigenvalue weighted by molar-refractivity contribution is 0.277. The molecule has 0 saturated carbocycles. The van der Waals surface area contributed by atoms with Crippen molar-refractivity contribution in [3.8, 4) is 5.75 Å². The zero-order valence-electron chi connectivity index (χ0n) is 9.61. The summed E-state index contributed by atoms with van der Waals surface area (Å²) in [6.07, 6.45) is 3.94. The van der Waals surface area contributed by atoms with E-state index in [9.17, 15) is 0 Å². The molecule has 2 aromatic heterocycles. The van der Waals surface area contributed by atoms with Crippen LogP contribution in [0.25, 0.3) is 4.96 Å². The fourth-order valence-corrected chi connectivity index (χ4v) is 2.46. The molecule has 0 fully saturated rings. The van der Waals surface area contributed by atoms with E-state index >= 15 is 0 Å². The van der Waals surface area contributed by atoms with Crippen LogP contribution in [-0.2, 0) is 13.2 Å². The predicted molar refractivity (Wildman–Crippen MR) is 69.8 cm³/mol. The van der Waals surface area contributed by atoms with Crippen LogP contribution in [0.5, 0.6) is 5.75 Å². The third kappa shape index (κ3) is 2.23. The molecule has 0 atom stereocenters. The first-order chi connectivity index (χ1) is 8.85. The minimum absolute atomic E-state index is 0.0252. The molecule has 1 N–H and O–H groups in total. The van der Waals surface area contributed by atoms with Gasteiger partial charge in [-0.1, -0.05) is 12.1 Å². The minimum Gasteiger partial charge on any atom is -0.487 e. The Labute approximate surface area is 108 Å². The molecule has 0 aliphatic rings. The van der Waals surface area contributed by atoms with E-state index in [1.54, 1.807) is 11.3 Å². The van der Waals surface area contributed by atoms with E-state index in [2.05, 4.69) is 4.98 Å². The Bertz CT molecular complexity index is 631. The molecule has 0 aliphatic heterocycles. The Morgan fingerprint density at radius 3 is 3.17 bits per heavy atom. The third-order valence-electron chi connectivity index (χ3n) is 2.61. The van der Waals surface area contributed by atoms with Crippen molar-refractivity contribution >= 4 is 16.3 Å². The summed E-state index contributed by atoms with van der Waals surface area (Å²) in [5, 5.41) is 11.0. The molecule has 4 nitrogen and oxygen atoms in total. The smallest absolute Gasteiger partial charge is 0.193 e. The Kier molecular flexibility index (Phi) is 3.00. The van der Waals surface area contributed by atoms with E-state index in [1.807, 2.05) is 46.4 Å². The highest BCUT2D eigenvalue weighted by atomic mass is 32.1. The van der Waals surface area contributed by atoms with Crippen molar-refractivity contribution in [1.29, 1.82) is 0 Å². The first-order valence-electron chi connectivity index (χ1n) is 5.59. The summed E-state index contributed by atoms with van der Waals surface area (Å²) < 4.78 is 7.63. The number of aliphatic hydroxyl groups is 1. The third-order valence-corrected chi connectivity index (χ3v) is 3.38. The van der Waals surface area contributed by atoms with E-state index < -0.39 is 0 Å². The summed E-state index contributed by atoms with van der Waals surface area (Å²) in [5.41, 5.74) is 1.74. The van der Waals surface area contributed by atoms with E-state index in [1.165, 1.54) is 0 Å². The van der Waals surface area contributed by atoms with Gasteiger partial charge in [0, 0.05) is 17.8 Å². The molecule has 0 aliphatic carbocycles. The van der Waals surface area contributed by atoms with Gasteiger partial charge in [-0.2, -0.15) is 0 Å². The summed E-state index contributed by atoms with van der Waals surface area (Å²) in [5.74, 6) is 0.748. The average molecular weight is 260 g/mol. The van der Waals surface area contributed by atoms with Gasteiger partial charge in [0.05, 0.1) is 12.3 Å². The second-order valence-corrected chi connectivity index (χ2v) is 4.79. The highest BCUT2D eigenvalue weighted by molar-refractivity contribution is 7.15. The van der Waals surface area contributed by atoms with Gasteiger partial charge < -0.3 is 9.84 Å². The first-order valence-corrected chi connectivity index (χ1v) is 6.47. The van der Waals surface area contributed by atoms with Crippen LogP contribution in [-0.4, -0.2) is 14.5 Å². The molecule has 0 amide bonds. The average Bonchev–Trinajstić information content (AvgIpc) is 2.97. The lowest BCUT2D eigenvalue weighted by atomic mass is 10.2. The summed E-state index contributed by atoms with van der Waals surface area (Å²) in [6.45, 7) is 0.459. The lowest BCUT2D eigenvalue weighted by Crippen LogP contribution is -1.96. The van der Waals surface area contributed by atoms with Gasteiger partial charge in [-0.05, 0) is 17.7 Å². The van der Waals surface area contributed by atoms with Crippen LogP contribution >= 0.6 is 11.3 Å². The summed E-state index contributed by atoms with van der Waals surface area (Å²) in [4.78, 5) is 5.41. The summed E-state index contributed by atoms with van der Waals surface area (Å²) >= 11 is 1.60. The number of nitrogens with zero attached hydrogens (tertiary/aromatic N) is 2. The number of ether oxygens (including phenoxy) is 1. The zero-order valence-corrected chi connectivity index (χ0v) is 10.4. The number of benzene rings is 1. The van der Waals surface area contributed by atoms with Crippen molar-refractivity contribution < 1.29 is 9.84 Å². The molecule has 0 spiro atoms. The molecule has 0 saturated heterocycles. The molecular weight excluding hydrogens is 248 g/mol. The largest absolute Gasteiger partial charge is 0.487 e. The van der Waals surface area contributed by atoms with Crippen molar-refractivity contribution in [3.05, 3.63) is 53.3 Å². The van der Waals surface area contributed by atoms with Crippen LogP contribution in [0.4, 0.5) is 0 Å². The Balaban J connectivity index is 1.71. The standard InChI is InChI=1S/C13H12N2O2S/c16-8-10-2-1-3-12(6-10)17-9-11-7-15-4-5-18-13(15)14-11/h1-7,16H,8-9H2. The van der Waals surface area contributed by atoms with Gasteiger partial charge >= 0.3 is 0 Å². The summed E-state index contributed by atoms with van der Waals surface area (Å²) in [6, 6.07) is 7.43. The molecule has 2 heterocycles. The molecule has 0 radical (unpaired) electrons. The molecule has 92 valence electrons. The number of imidazole rings is 1. The van der Waals surface area contributed by atoms with Crippen molar-refractivity contribution in [3.63, 3.8) is 0 Å². The molecule has 0 unspecified atom stereocenters. The van der Waals surface area contributed by atoms with Gasteiger partial charge in [0.1, 0.15) is 12.4 Å². The van der Waals surface area contributed by atoms with E-state index in [4.69, 9.17) is 9.84 Å². The molecule has 0 bridgehead atoms. The number of aromatic nitrogens is 2. The monoisotopic (exact) mass is 260 g/mol. The second-order valence-electron chi connectivity index (χ2n) is 3.92. The minimum atomic E-state index is 0.0252. The van der Waals surface area contributed by atoms with Crippen molar-refractivity contribution in [2.75, 3.05) is 0 Å². The Morgan fingerprint density at radius 1 is 1.39 bits per heavy atom. The molecule has 18 heavy (non-hydrogen) atoms. The highest BCUT2D eigenvalue weighted by Gasteiger charge is 2.03. The maximum Gasteiger partial charge on any atom is 0.193 e. The molecule has 5 heteroatoms. The van der Waals surface area contributed by atoms with E-state index in [0.29, 0.717) is 6.61 Å². The van der Waals surface area contributed by atoms with Crippen LogP contribution in [0.1, 0.15) is 11.3 Å². The van der Waals surface area contributed by atoms with Gasteiger partial charge in [0.15, 0.2) is 4.96 Å². The maximum atomic E-state index is 9.04. The quantitative estimate of drug-likeness (QED) is 0.784. The number of fused-ring (bicyclic) bond motifs is 1. The fraction of sp³-hybridized carbons (Fsp3) is 0.154. The van der Waals surface area contributed by atoms with Crippen LogP contribution in [0, 0.1) is 0 Å². The SMILES string of the molecule is OCc1cccc(OCc2cn3ccsc3n2)c1. The maximum absolute atomic E-state index is 9.04. The van der Waals surface area contributed by atoms with Gasteiger partial charge in [-0.25, -0.2) is 4.98 Å². The van der Waals surface area contributed by atoms with E-state index in [0.717, 1.165) is 22.0 Å². The van der Waals surface area contributed by atoms with Gasteiger partial charge in [0.2, 0.25) is 0 Å². The highest BCUT2D eigenvalue weighted by Crippen LogP contribution is 2.16. The van der Waals surface area contributed by atoms with Gasteiger partial charge in [-0.15, -0.1) is 11.3 Å². The second kappa shape index (κ2) is 4.80. The van der Waals surface area contributed by atoms with Crippen LogP contribution in [0.2, 0.25) is 0 Å². The number of rotatable bonds is 4. The molecule has 3 aromatic rings. The topological polar surface area (TPSA) is 46.8 Å². The van der Waals surface area contributed by atoms with Crippen molar-refractivity contribution in [1.82, 2.24) is 9.38 Å². The molecule has 3 rings (SSSR count). The Morgan fingerprint density at radius 2 is 2.33 bits per heavy atom. The number of hydrogen-bond donors (Lipinski definition) is 1. The van der Waals surface area contributed by atoms with Crippen molar-refractivity contribution in [2.24, 2.45) is 0 Å². The molecule has 1 aromatic carbocycles. The van der Waals surface area contributed by atoms with Crippen LogP contribution in [0.3, 0.4) is 0 Å². The predicted octanol–water partition coefficient (Wildman–Crippen LogP) is 2.47. The lowest BCUT2D eigenvalue weighted by Gasteiger charge is -2.05. The van der Waals surface area contributed by atoms with Crippen molar-refractivity contribution in [2.45, 2.75) is 13.2 Å².